The number of nitrogens with one attached hydrogen (secondary N) is 1. The number of aromatic nitrogens is 3. The predicted octanol–water partition coefficient (Wildman–Crippen LogP) is 5.72. The third kappa shape index (κ3) is 5.46. The molecule has 0 aliphatic carbocycles. The number of anilines is 1. The monoisotopic (exact) mass is 446 g/mol. The lowest BCUT2D eigenvalue weighted by atomic mass is 9.95. The van der Waals surface area contributed by atoms with E-state index in [2.05, 4.69) is 15.4 Å². The molecule has 3 aromatic rings. The number of benzene rings is 2. The molecule has 1 heterocycles. The zero-order chi connectivity index (χ0) is 23.7. The van der Waals surface area contributed by atoms with Gasteiger partial charge in [-0.25, -0.2) is 4.68 Å². The van der Waals surface area contributed by atoms with Crippen LogP contribution in [-0.2, 0) is 11.0 Å². The van der Waals surface area contributed by atoms with Crippen molar-refractivity contribution in [3.8, 4) is 23.1 Å². The lowest BCUT2D eigenvalue weighted by Gasteiger charge is -2.17. The van der Waals surface area contributed by atoms with E-state index in [9.17, 15) is 18.0 Å². The van der Waals surface area contributed by atoms with Crippen molar-refractivity contribution in [2.45, 2.75) is 46.9 Å². The van der Waals surface area contributed by atoms with Gasteiger partial charge in [-0.05, 0) is 50.2 Å². The number of alkyl halides is 3. The van der Waals surface area contributed by atoms with Gasteiger partial charge in [0.15, 0.2) is 5.82 Å². The molecule has 0 aliphatic heterocycles. The first-order valence-corrected chi connectivity index (χ1v) is 10.1. The van der Waals surface area contributed by atoms with Crippen LogP contribution in [0.4, 0.5) is 18.9 Å². The largest absolute Gasteiger partial charge is 0.460 e. The Hall–Kier alpha value is -3.36. The highest BCUT2D eigenvalue weighted by Gasteiger charge is 2.31. The van der Waals surface area contributed by atoms with Crippen molar-refractivity contribution < 1.29 is 22.7 Å². The summed E-state index contributed by atoms with van der Waals surface area (Å²) in [6, 6.07) is 11.7. The summed E-state index contributed by atoms with van der Waals surface area (Å²) in [5, 5.41) is 7.16. The molecule has 2 aromatic carbocycles. The molecule has 9 heteroatoms. The van der Waals surface area contributed by atoms with E-state index in [1.54, 1.807) is 38.1 Å². The maximum Gasteiger partial charge on any atom is 0.416 e. The molecule has 1 amide bonds. The molecule has 0 unspecified atom stereocenters. The van der Waals surface area contributed by atoms with Crippen LogP contribution in [0.2, 0.25) is 0 Å². The minimum atomic E-state index is -4.48. The number of nitrogens with zero attached hydrogens (tertiary/aromatic N) is 3. The molecular formula is C23H25F3N4O2. The Balaban J connectivity index is 2.01. The highest BCUT2D eigenvalue weighted by Crippen LogP contribution is 2.33. The Morgan fingerprint density at radius 1 is 1.06 bits per heavy atom. The lowest BCUT2D eigenvalue weighted by Crippen LogP contribution is -2.27. The van der Waals surface area contributed by atoms with E-state index in [0.717, 1.165) is 12.1 Å². The number of ether oxygens (including phenoxy) is 1. The Morgan fingerprint density at radius 3 is 2.28 bits per heavy atom. The van der Waals surface area contributed by atoms with Crippen molar-refractivity contribution in [2.75, 3.05) is 5.32 Å². The number of rotatable bonds is 5. The van der Waals surface area contributed by atoms with E-state index in [1.807, 2.05) is 20.8 Å². The normalized spacial score (nSPS) is 12.2. The number of hydrogen-bond donors (Lipinski definition) is 1. The van der Waals surface area contributed by atoms with Crippen LogP contribution in [0.1, 0.15) is 40.2 Å². The van der Waals surface area contributed by atoms with E-state index in [1.165, 1.54) is 16.8 Å². The van der Waals surface area contributed by atoms with E-state index in [-0.39, 0.29) is 29.4 Å². The number of carbonyl (C=O) groups is 1. The SMILES string of the molecule is CC(C)Oc1nc(-c2cccc(C(F)(F)F)c2)n(-c2ccc(NC(=O)C(C)(C)C)cc2)n1. The van der Waals surface area contributed by atoms with Crippen molar-refractivity contribution in [1.29, 1.82) is 0 Å². The summed E-state index contributed by atoms with van der Waals surface area (Å²) in [5.74, 6) is 0.0708. The average molecular weight is 446 g/mol. The van der Waals surface area contributed by atoms with Gasteiger partial charge in [0.05, 0.1) is 17.4 Å². The summed E-state index contributed by atoms with van der Waals surface area (Å²) in [5.41, 5.74) is 0.0575. The van der Waals surface area contributed by atoms with Crippen molar-refractivity contribution in [1.82, 2.24) is 14.8 Å². The second-order valence-electron chi connectivity index (χ2n) is 8.63. The first kappa shape index (κ1) is 23.3. The molecule has 0 radical (unpaired) electrons. The second-order valence-corrected chi connectivity index (χ2v) is 8.63. The van der Waals surface area contributed by atoms with Gasteiger partial charge in [-0.15, -0.1) is 5.10 Å². The van der Waals surface area contributed by atoms with Crippen molar-refractivity contribution >= 4 is 11.6 Å². The second kappa shape index (κ2) is 8.64. The van der Waals surface area contributed by atoms with E-state index < -0.39 is 17.2 Å². The predicted molar refractivity (Wildman–Crippen MR) is 116 cm³/mol. The molecule has 0 spiro atoms. The Labute approximate surface area is 184 Å². The molecule has 6 nitrogen and oxygen atoms in total. The fraction of sp³-hybridized carbons (Fsp3) is 0.348. The minimum absolute atomic E-state index is 0.0533. The summed E-state index contributed by atoms with van der Waals surface area (Å²) in [7, 11) is 0. The third-order valence-electron chi connectivity index (χ3n) is 4.43. The first-order chi connectivity index (χ1) is 14.8. The molecule has 0 saturated carbocycles. The van der Waals surface area contributed by atoms with Crippen LogP contribution in [0.3, 0.4) is 0 Å². The zero-order valence-corrected chi connectivity index (χ0v) is 18.5. The maximum absolute atomic E-state index is 13.2. The first-order valence-electron chi connectivity index (χ1n) is 10.1. The van der Waals surface area contributed by atoms with Gasteiger partial charge in [0.25, 0.3) is 0 Å². The summed E-state index contributed by atoms with van der Waals surface area (Å²) in [6.45, 7) is 9.03. The summed E-state index contributed by atoms with van der Waals surface area (Å²) >= 11 is 0. The molecular weight excluding hydrogens is 421 g/mol. The number of hydrogen-bond acceptors (Lipinski definition) is 4. The van der Waals surface area contributed by atoms with Gasteiger partial charge in [-0.1, -0.05) is 32.9 Å². The average Bonchev–Trinajstić information content (AvgIpc) is 3.10. The standard InChI is InChI=1S/C23H25F3N4O2/c1-14(2)32-21-28-19(15-7-6-8-16(13-15)23(24,25)26)30(29-21)18-11-9-17(10-12-18)27-20(31)22(3,4)5/h6-14H,1-5H3,(H,27,31). The van der Waals surface area contributed by atoms with Crippen LogP contribution in [0.5, 0.6) is 6.01 Å². The Bertz CT molecular complexity index is 1100. The number of halogens is 3. The summed E-state index contributed by atoms with van der Waals surface area (Å²) in [4.78, 5) is 16.5. The van der Waals surface area contributed by atoms with E-state index in [4.69, 9.17) is 4.74 Å². The highest BCUT2D eigenvalue weighted by atomic mass is 19.4. The van der Waals surface area contributed by atoms with Crippen LogP contribution >= 0.6 is 0 Å². The van der Waals surface area contributed by atoms with Gasteiger partial charge in [-0.3, -0.25) is 4.79 Å². The van der Waals surface area contributed by atoms with Crippen LogP contribution in [-0.4, -0.2) is 26.8 Å². The quantitative estimate of drug-likeness (QED) is 0.544. The summed E-state index contributed by atoms with van der Waals surface area (Å²) in [6.07, 6.45) is -4.69. The number of amides is 1. The molecule has 1 aromatic heterocycles. The molecule has 1 N–H and O–H groups in total. The molecule has 170 valence electrons. The Morgan fingerprint density at radius 2 is 1.72 bits per heavy atom. The maximum atomic E-state index is 13.2. The molecule has 0 bridgehead atoms. The van der Waals surface area contributed by atoms with E-state index >= 15 is 0 Å². The van der Waals surface area contributed by atoms with Crippen molar-refractivity contribution in [3.63, 3.8) is 0 Å². The molecule has 0 saturated heterocycles. The smallest absolute Gasteiger partial charge is 0.416 e. The van der Waals surface area contributed by atoms with Crippen molar-refractivity contribution in [3.05, 3.63) is 54.1 Å². The van der Waals surface area contributed by atoms with Crippen molar-refractivity contribution in [2.24, 2.45) is 5.41 Å². The lowest BCUT2D eigenvalue weighted by molar-refractivity contribution is -0.137. The van der Waals surface area contributed by atoms with Gasteiger partial charge in [0.2, 0.25) is 5.91 Å². The fourth-order valence-electron chi connectivity index (χ4n) is 2.76. The van der Waals surface area contributed by atoms with Gasteiger partial charge in [0.1, 0.15) is 0 Å². The van der Waals surface area contributed by atoms with Crippen LogP contribution < -0.4 is 10.1 Å². The van der Waals surface area contributed by atoms with Gasteiger partial charge < -0.3 is 10.1 Å². The van der Waals surface area contributed by atoms with Gasteiger partial charge >= 0.3 is 12.2 Å². The van der Waals surface area contributed by atoms with Gasteiger partial charge in [-0.2, -0.15) is 18.2 Å². The molecule has 0 aliphatic rings. The van der Waals surface area contributed by atoms with Crippen LogP contribution in [0.15, 0.2) is 48.5 Å². The molecule has 3 rings (SSSR count). The summed E-state index contributed by atoms with van der Waals surface area (Å²) < 4.78 is 46.6. The molecule has 0 atom stereocenters. The Kier molecular flexibility index (Phi) is 6.29. The van der Waals surface area contributed by atoms with Crippen LogP contribution in [0.25, 0.3) is 17.1 Å². The molecule has 32 heavy (non-hydrogen) atoms. The van der Waals surface area contributed by atoms with Gasteiger partial charge in [0, 0.05) is 16.7 Å². The minimum Gasteiger partial charge on any atom is -0.460 e. The molecule has 0 fully saturated rings. The van der Waals surface area contributed by atoms with Crippen LogP contribution in [0, 0.1) is 5.41 Å². The zero-order valence-electron chi connectivity index (χ0n) is 18.5. The number of carbonyl (C=O) groups excluding carboxylic acids is 1. The third-order valence-corrected chi connectivity index (χ3v) is 4.43. The fourth-order valence-corrected chi connectivity index (χ4v) is 2.76. The highest BCUT2D eigenvalue weighted by molar-refractivity contribution is 5.94. The van der Waals surface area contributed by atoms with E-state index in [0.29, 0.717) is 11.4 Å². The topological polar surface area (TPSA) is 69.0 Å².